The molecule has 1 fully saturated rings. The minimum absolute atomic E-state index is 0.0171. The van der Waals surface area contributed by atoms with Gasteiger partial charge in [-0.1, -0.05) is 24.8 Å². The van der Waals surface area contributed by atoms with Gasteiger partial charge >= 0.3 is 0 Å². The number of halogens is 1. The zero-order valence-corrected chi connectivity index (χ0v) is 12.3. The Morgan fingerprint density at radius 3 is 2.86 bits per heavy atom. The van der Waals surface area contributed by atoms with E-state index in [9.17, 15) is 9.50 Å². The van der Waals surface area contributed by atoms with Crippen molar-refractivity contribution in [3.63, 3.8) is 0 Å². The molecule has 0 aliphatic carbocycles. The number of aliphatic hydroxyl groups is 2. The molecule has 2 atom stereocenters. The third-order valence-electron chi connectivity index (χ3n) is 4.08. The minimum atomic E-state index is -0.262. The molecule has 0 saturated carbocycles. The molecule has 3 nitrogen and oxygen atoms in total. The van der Waals surface area contributed by atoms with Crippen LogP contribution in [-0.4, -0.2) is 40.9 Å². The summed E-state index contributed by atoms with van der Waals surface area (Å²) in [4.78, 5) is 2.14. The monoisotopic (exact) mass is 291 g/mol. The van der Waals surface area contributed by atoms with Crippen molar-refractivity contribution in [1.82, 2.24) is 4.90 Å². The molecular weight excluding hydrogens is 269 g/mol. The molecule has 0 aromatic heterocycles. The fraction of sp³-hybridized carbons (Fsp3) is 0.529. The molecule has 1 aliphatic rings. The maximum atomic E-state index is 14.1. The van der Waals surface area contributed by atoms with Crippen LogP contribution in [0.4, 0.5) is 4.39 Å². The van der Waals surface area contributed by atoms with E-state index in [1.807, 2.05) is 0 Å². The molecule has 4 heteroatoms. The molecule has 21 heavy (non-hydrogen) atoms. The van der Waals surface area contributed by atoms with E-state index in [0.717, 1.165) is 13.0 Å². The fourth-order valence-corrected chi connectivity index (χ4v) is 2.77. The summed E-state index contributed by atoms with van der Waals surface area (Å²) in [6.07, 6.45) is 1.44. The second-order valence-electron chi connectivity index (χ2n) is 5.57. The molecule has 114 valence electrons. The lowest BCUT2D eigenvalue weighted by molar-refractivity contribution is 0.133. The normalized spacial score (nSPS) is 22.1. The van der Waals surface area contributed by atoms with E-state index in [1.54, 1.807) is 12.1 Å². The van der Waals surface area contributed by atoms with Gasteiger partial charge in [-0.2, -0.15) is 0 Å². The molecule has 1 heterocycles. The number of hydrogen-bond acceptors (Lipinski definition) is 3. The van der Waals surface area contributed by atoms with Gasteiger partial charge in [-0.25, -0.2) is 4.39 Å². The van der Waals surface area contributed by atoms with Gasteiger partial charge in [0.2, 0.25) is 0 Å². The van der Waals surface area contributed by atoms with Crippen molar-refractivity contribution in [3.05, 3.63) is 35.1 Å². The van der Waals surface area contributed by atoms with E-state index < -0.39 is 0 Å². The first kappa shape index (κ1) is 16.0. The van der Waals surface area contributed by atoms with Gasteiger partial charge in [0.05, 0.1) is 13.2 Å². The van der Waals surface area contributed by atoms with Crippen molar-refractivity contribution < 1.29 is 14.6 Å². The average molecular weight is 291 g/mol. The van der Waals surface area contributed by atoms with Crippen molar-refractivity contribution in [2.24, 2.45) is 5.92 Å². The Balaban J connectivity index is 2.06. The maximum Gasteiger partial charge on any atom is 0.128 e. The van der Waals surface area contributed by atoms with Crippen molar-refractivity contribution >= 4 is 0 Å². The molecule has 0 bridgehead atoms. The van der Waals surface area contributed by atoms with Crippen molar-refractivity contribution in [1.29, 1.82) is 0 Å². The maximum absolute atomic E-state index is 14.1. The number of aliphatic hydroxyl groups excluding tert-OH is 2. The molecule has 2 N–H and O–H groups in total. The summed E-state index contributed by atoms with van der Waals surface area (Å²) < 4.78 is 14.1. The lowest BCUT2D eigenvalue weighted by atomic mass is 10.0. The smallest absolute Gasteiger partial charge is 0.128 e. The molecule has 1 saturated heterocycles. The fourth-order valence-electron chi connectivity index (χ4n) is 2.77. The summed E-state index contributed by atoms with van der Waals surface area (Å²) in [5, 5.41) is 18.1. The van der Waals surface area contributed by atoms with E-state index in [4.69, 9.17) is 5.11 Å². The molecular formula is C17H22FNO2. The van der Waals surface area contributed by atoms with Gasteiger partial charge in [0.15, 0.2) is 0 Å². The first-order chi connectivity index (χ1) is 10.2. The highest BCUT2D eigenvalue weighted by Crippen LogP contribution is 2.26. The molecule has 1 aromatic rings. The van der Waals surface area contributed by atoms with Crippen LogP contribution in [0.1, 0.15) is 30.9 Å². The van der Waals surface area contributed by atoms with Crippen molar-refractivity contribution in [2.75, 3.05) is 19.8 Å². The number of hydrogen-bond donors (Lipinski definition) is 2. The predicted octanol–water partition coefficient (Wildman–Crippen LogP) is 1.76. The summed E-state index contributed by atoms with van der Waals surface area (Å²) in [5.41, 5.74) is 1.26. The van der Waals surface area contributed by atoms with Gasteiger partial charge in [-0.05, 0) is 31.0 Å². The van der Waals surface area contributed by atoms with E-state index in [-0.39, 0.29) is 25.1 Å². The standard InChI is InChI=1S/C17H22FNO2/c1-13-7-8-19(17(13)12-21)11-15-6-5-14(10-16(15)18)4-2-3-9-20/h5-6,10,13,17,20-21H,3,7-9,11-12H2,1H3. The highest BCUT2D eigenvalue weighted by molar-refractivity contribution is 5.37. The second-order valence-corrected chi connectivity index (χ2v) is 5.57. The first-order valence-corrected chi connectivity index (χ1v) is 7.38. The number of likely N-dealkylation sites (tertiary alicyclic amines) is 1. The van der Waals surface area contributed by atoms with Gasteiger partial charge in [-0.3, -0.25) is 4.90 Å². The van der Waals surface area contributed by atoms with E-state index in [1.165, 1.54) is 6.07 Å². The highest BCUT2D eigenvalue weighted by atomic mass is 19.1. The topological polar surface area (TPSA) is 43.7 Å². The van der Waals surface area contributed by atoms with Gasteiger partial charge in [0, 0.05) is 30.1 Å². The second kappa shape index (κ2) is 7.56. The minimum Gasteiger partial charge on any atom is -0.395 e. The third kappa shape index (κ3) is 4.04. The van der Waals surface area contributed by atoms with Crippen LogP contribution in [0.15, 0.2) is 18.2 Å². The number of benzene rings is 1. The molecule has 1 aliphatic heterocycles. The van der Waals surface area contributed by atoms with Crippen LogP contribution in [0, 0.1) is 23.6 Å². The Kier molecular flexibility index (Phi) is 5.75. The predicted molar refractivity (Wildman–Crippen MR) is 80.0 cm³/mol. The summed E-state index contributed by atoms with van der Waals surface area (Å²) in [6.45, 7) is 3.67. The quantitative estimate of drug-likeness (QED) is 0.831. The number of rotatable bonds is 4. The van der Waals surface area contributed by atoms with E-state index >= 15 is 0 Å². The summed E-state index contributed by atoms with van der Waals surface area (Å²) in [5.74, 6) is 5.80. The molecule has 0 spiro atoms. The SMILES string of the molecule is CC1CCN(Cc2ccc(C#CCCO)cc2F)C1CO. The Hall–Kier alpha value is -1.41. The van der Waals surface area contributed by atoms with Crippen LogP contribution < -0.4 is 0 Å². The zero-order valence-electron chi connectivity index (χ0n) is 12.3. The van der Waals surface area contributed by atoms with Crippen LogP contribution >= 0.6 is 0 Å². The lowest BCUT2D eigenvalue weighted by Crippen LogP contribution is -2.34. The summed E-state index contributed by atoms with van der Waals surface area (Å²) in [6, 6.07) is 5.12. The lowest BCUT2D eigenvalue weighted by Gasteiger charge is -2.25. The Bertz CT molecular complexity index is 535. The van der Waals surface area contributed by atoms with Gasteiger partial charge in [-0.15, -0.1) is 0 Å². The van der Waals surface area contributed by atoms with Crippen LogP contribution in [0.3, 0.4) is 0 Å². The van der Waals surface area contributed by atoms with Gasteiger partial charge in [0.1, 0.15) is 5.82 Å². The van der Waals surface area contributed by atoms with Crippen LogP contribution in [0.5, 0.6) is 0 Å². The molecule has 0 radical (unpaired) electrons. The average Bonchev–Trinajstić information content (AvgIpc) is 2.82. The van der Waals surface area contributed by atoms with E-state index in [0.29, 0.717) is 30.0 Å². The molecule has 2 rings (SSSR count). The highest BCUT2D eigenvalue weighted by Gasteiger charge is 2.30. The first-order valence-electron chi connectivity index (χ1n) is 7.38. The number of nitrogens with zero attached hydrogens (tertiary/aromatic N) is 1. The Morgan fingerprint density at radius 2 is 2.19 bits per heavy atom. The van der Waals surface area contributed by atoms with Crippen LogP contribution in [-0.2, 0) is 6.54 Å². The third-order valence-corrected chi connectivity index (χ3v) is 4.08. The van der Waals surface area contributed by atoms with Crippen LogP contribution in [0.25, 0.3) is 0 Å². The van der Waals surface area contributed by atoms with Gasteiger partial charge < -0.3 is 10.2 Å². The zero-order chi connectivity index (χ0) is 15.2. The molecule has 2 unspecified atom stereocenters. The van der Waals surface area contributed by atoms with Gasteiger partial charge in [0.25, 0.3) is 0 Å². The van der Waals surface area contributed by atoms with E-state index in [2.05, 4.69) is 23.7 Å². The molecule has 0 amide bonds. The van der Waals surface area contributed by atoms with Crippen molar-refractivity contribution in [2.45, 2.75) is 32.4 Å². The molecule has 1 aromatic carbocycles. The van der Waals surface area contributed by atoms with Crippen LogP contribution in [0.2, 0.25) is 0 Å². The summed E-state index contributed by atoms with van der Waals surface area (Å²) >= 11 is 0. The Labute approximate surface area is 125 Å². The van der Waals surface area contributed by atoms with Crippen molar-refractivity contribution in [3.8, 4) is 11.8 Å². The Morgan fingerprint density at radius 1 is 1.38 bits per heavy atom. The largest absolute Gasteiger partial charge is 0.395 e. The summed E-state index contributed by atoms with van der Waals surface area (Å²) in [7, 11) is 0.